The molecule has 0 aromatic carbocycles. The summed E-state index contributed by atoms with van der Waals surface area (Å²) in [4.78, 5) is 28.3. The van der Waals surface area contributed by atoms with E-state index in [-0.39, 0.29) is 17.4 Å². The van der Waals surface area contributed by atoms with E-state index < -0.39 is 16.9 Å². The molecular formula is C14H17N3O4. The highest BCUT2D eigenvalue weighted by molar-refractivity contribution is 5.81. The van der Waals surface area contributed by atoms with Crippen molar-refractivity contribution >= 4 is 17.5 Å². The van der Waals surface area contributed by atoms with Gasteiger partial charge in [0.25, 0.3) is 0 Å². The summed E-state index contributed by atoms with van der Waals surface area (Å²) >= 11 is 0. The number of carboxylic acid groups (broad SMARTS) is 1. The van der Waals surface area contributed by atoms with Crippen molar-refractivity contribution in [3.8, 4) is 0 Å². The number of rotatable bonds is 3. The van der Waals surface area contributed by atoms with E-state index in [2.05, 4.69) is 4.98 Å². The zero-order valence-electron chi connectivity index (χ0n) is 11.7. The van der Waals surface area contributed by atoms with Crippen molar-refractivity contribution in [2.24, 2.45) is 11.8 Å². The summed E-state index contributed by atoms with van der Waals surface area (Å²) in [5.74, 6) is -0.346. The van der Waals surface area contributed by atoms with Crippen LogP contribution in [0, 0.1) is 28.9 Å². The lowest BCUT2D eigenvalue weighted by Gasteiger charge is -2.25. The Morgan fingerprint density at radius 3 is 2.95 bits per heavy atom. The number of hydrogen-bond acceptors (Lipinski definition) is 5. The Hall–Kier alpha value is -2.18. The highest BCUT2D eigenvalue weighted by Crippen LogP contribution is 2.45. The third kappa shape index (κ3) is 2.12. The average Bonchev–Trinajstić information content (AvgIpc) is 2.96. The molecule has 21 heavy (non-hydrogen) atoms. The highest BCUT2D eigenvalue weighted by Gasteiger charge is 2.49. The van der Waals surface area contributed by atoms with E-state index in [1.165, 1.54) is 6.20 Å². The van der Waals surface area contributed by atoms with Crippen LogP contribution in [-0.4, -0.2) is 33.6 Å². The van der Waals surface area contributed by atoms with Crippen molar-refractivity contribution in [1.29, 1.82) is 0 Å². The lowest BCUT2D eigenvalue weighted by molar-refractivity contribution is -0.384. The normalized spacial score (nSPS) is 27.7. The molecule has 3 atom stereocenters. The Balaban J connectivity index is 2.06. The van der Waals surface area contributed by atoms with Crippen LogP contribution in [0.25, 0.3) is 0 Å². The van der Waals surface area contributed by atoms with Gasteiger partial charge in [-0.15, -0.1) is 0 Å². The van der Waals surface area contributed by atoms with Crippen LogP contribution in [0.1, 0.15) is 24.8 Å². The number of carboxylic acids is 1. The maximum atomic E-state index is 11.7. The molecule has 1 aliphatic carbocycles. The molecular weight excluding hydrogens is 274 g/mol. The first kappa shape index (κ1) is 13.8. The summed E-state index contributed by atoms with van der Waals surface area (Å²) in [6.07, 6.45) is 4.41. The topological polar surface area (TPSA) is 96.6 Å². The predicted octanol–water partition coefficient (Wildman–Crippen LogP) is 1.99. The van der Waals surface area contributed by atoms with Crippen LogP contribution >= 0.6 is 0 Å². The molecule has 2 fully saturated rings. The number of nitrogens with zero attached hydrogens (tertiary/aromatic N) is 3. The Labute approximate surface area is 121 Å². The number of aromatic nitrogens is 1. The minimum absolute atomic E-state index is 0.0735. The van der Waals surface area contributed by atoms with Crippen molar-refractivity contribution in [1.82, 2.24) is 4.98 Å². The number of fused-ring (bicyclic) bond motifs is 1. The molecule has 2 heterocycles. The van der Waals surface area contributed by atoms with Crippen LogP contribution in [-0.2, 0) is 4.79 Å². The molecule has 0 radical (unpaired) electrons. The third-order valence-electron chi connectivity index (χ3n) is 4.70. The fraction of sp³-hybridized carbons (Fsp3) is 0.571. The number of carbonyl (C=O) groups is 1. The molecule has 1 saturated carbocycles. The van der Waals surface area contributed by atoms with Gasteiger partial charge in [-0.3, -0.25) is 10.1 Å². The molecule has 3 unspecified atom stereocenters. The second-order valence-electron chi connectivity index (χ2n) is 5.85. The van der Waals surface area contributed by atoms with Crippen molar-refractivity contribution in [2.75, 3.05) is 11.4 Å². The highest BCUT2D eigenvalue weighted by atomic mass is 16.6. The molecule has 3 rings (SSSR count). The minimum atomic E-state index is -0.915. The van der Waals surface area contributed by atoms with Crippen molar-refractivity contribution in [3.05, 3.63) is 27.9 Å². The predicted molar refractivity (Wildman–Crippen MR) is 75.2 cm³/mol. The summed E-state index contributed by atoms with van der Waals surface area (Å²) < 4.78 is 0. The summed E-state index contributed by atoms with van der Waals surface area (Å²) in [5.41, 5.74) is 0.426. The van der Waals surface area contributed by atoms with Gasteiger partial charge < -0.3 is 10.0 Å². The molecule has 2 aliphatic rings. The third-order valence-corrected chi connectivity index (χ3v) is 4.70. The number of pyridine rings is 1. The fourth-order valence-electron chi connectivity index (χ4n) is 3.81. The van der Waals surface area contributed by atoms with Crippen LogP contribution in [0.5, 0.6) is 0 Å². The monoisotopic (exact) mass is 291 g/mol. The average molecular weight is 291 g/mol. The molecule has 0 amide bonds. The lowest BCUT2D eigenvalue weighted by atomic mass is 9.94. The second kappa shape index (κ2) is 4.98. The number of anilines is 1. The molecule has 1 aromatic rings. The summed E-state index contributed by atoms with van der Waals surface area (Å²) in [6, 6.07) is 0.874. The summed E-state index contributed by atoms with van der Waals surface area (Å²) in [5, 5.41) is 20.9. The Kier molecular flexibility index (Phi) is 3.27. The SMILES string of the molecule is Cc1ccnc(N2CC3CCCC3C2C(=O)O)c1[N+](=O)[O-]. The van der Waals surface area contributed by atoms with E-state index >= 15 is 0 Å². The Morgan fingerprint density at radius 1 is 1.52 bits per heavy atom. The lowest BCUT2D eigenvalue weighted by Crippen LogP contribution is -2.40. The smallest absolute Gasteiger partial charge is 0.326 e. The zero-order chi connectivity index (χ0) is 15.1. The van der Waals surface area contributed by atoms with Gasteiger partial charge in [-0.2, -0.15) is 0 Å². The Morgan fingerprint density at radius 2 is 2.29 bits per heavy atom. The van der Waals surface area contributed by atoms with Crippen LogP contribution < -0.4 is 4.90 Å². The van der Waals surface area contributed by atoms with Gasteiger partial charge in [0.05, 0.1) is 4.92 Å². The number of aryl methyl sites for hydroxylation is 1. The van der Waals surface area contributed by atoms with Gasteiger partial charge >= 0.3 is 11.7 Å². The van der Waals surface area contributed by atoms with Crippen LogP contribution in [0.2, 0.25) is 0 Å². The molecule has 0 spiro atoms. The van der Waals surface area contributed by atoms with E-state index in [1.807, 2.05) is 0 Å². The number of hydrogen-bond donors (Lipinski definition) is 1. The first-order chi connectivity index (χ1) is 10.0. The van der Waals surface area contributed by atoms with E-state index in [1.54, 1.807) is 17.9 Å². The maximum absolute atomic E-state index is 11.7. The summed E-state index contributed by atoms with van der Waals surface area (Å²) in [7, 11) is 0. The maximum Gasteiger partial charge on any atom is 0.326 e. The molecule has 1 saturated heterocycles. The molecule has 112 valence electrons. The van der Waals surface area contributed by atoms with Gasteiger partial charge in [0.1, 0.15) is 6.04 Å². The number of nitro groups is 1. The number of aliphatic carboxylic acids is 1. The van der Waals surface area contributed by atoms with Gasteiger partial charge in [0.2, 0.25) is 5.82 Å². The van der Waals surface area contributed by atoms with Crippen molar-refractivity contribution in [2.45, 2.75) is 32.2 Å². The summed E-state index contributed by atoms with van der Waals surface area (Å²) in [6.45, 7) is 2.19. The molecule has 1 aromatic heterocycles. The first-order valence-corrected chi connectivity index (χ1v) is 7.10. The molecule has 1 N–H and O–H groups in total. The quantitative estimate of drug-likeness (QED) is 0.675. The zero-order valence-corrected chi connectivity index (χ0v) is 11.7. The van der Waals surface area contributed by atoms with Crippen molar-refractivity contribution in [3.63, 3.8) is 0 Å². The largest absolute Gasteiger partial charge is 0.480 e. The molecule has 7 heteroatoms. The van der Waals surface area contributed by atoms with E-state index in [9.17, 15) is 20.0 Å². The minimum Gasteiger partial charge on any atom is -0.480 e. The van der Waals surface area contributed by atoms with Gasteiger partial charge in [-0.25, -0.2) is 9.78 Å². The molecule has 7 nitrogen and oxygen atoms in total. The van der Waals surface area contributed by atoms with Crippen molar-refractivity contribution < 1.29 is 14.8 Å². The first-order valence-electron chi connectivity index (χ1n) is 7.10. The van der Waals surface area contributed by atoms with E-state index in [0.29, 0.717) is 18.0 Å². The standard InChI is InChI=1S/C14H17N3O4/c1-8-5-6-15-13(11(8)17(20)21)16-7-9-3-2-4-10(9)12(16)14(18)19/h5-6,9-10,12H,2-4,7H2,1H3,(H,18,19). The fourth-order valence-corrected chi connectivity index (χ4v) is 3.81. The van der Waals surface area contributed by atoms with E-state index in [0.717, 1.165) is 19.3 Å². The van der Waals surface area contributed by atoms with Crippen LogP contribution in [0.4, 0.5) is 11.5 Å². The molecule has 0 bridgehead atoms. The van der Waals surface area contributed by atoms with Gasteiger partial charge in [-0.1, -0.05) is 6.42 Å². The van der Waals surface area contributed by atoms with Gasteiger partial charge in [0, 0.05) is 18.3 Å². The van der Waals surface area contributed by atoms with Crippen LogP contribution in [0.15, 0.2) is 12.3 Å². The van der Waals surface area contributed by atoms with E-state index in [4.69, 9.17) is 0 Å². The van der Waals surface area contributed by atoms with Gasteiger partial charge in [0.15, 0.2) is 0 Å². The molecule has 1 aliphatic heterocycles. The van der Waals surface area contributed by atoms with Gasteiger partial charge in [-0.05, 0) is 37.7 Å². The van der Waals surface area contributed by atoms with Crippen LogP contribution in [0.3, 0.4) is 0 Å². The second-order valence-corrected chi connectivity index (χ2v) is 5.85. The Bertz CT molecular complexity index is 604.